The molecule has 1 saturated heterocycles. The average Bonchev–Trinajstić information content (AvgIpc) is 2.74. The first-order chi connectivity index (χ1) is 10.8. The van der Waals surface area contributed by atoms with E-state index in [0.29, 0.717) is 11.5 Å². The maximum Gasteiger partial charge on any atom is 0.246 e. The number of ether oxygens (including phenoxy) is 1. The van der Waals surface area contributed by atoms with E-state index in [1.54, 1.807) is 13.2 Å². The van der Waals surface area contributed by atoms with E-state index in [-0.39, 0.29) is 11.3 Å². The fourth-order valence-electron chi connectivity index (χ4n) is 4.70. The molecule has 1 aromatic carbocycles. The Morgan fingerprint density at radius 2 is 1.91 bits per heavy atom. The van der Waals surface area contributed by atoms with Crippen LogP contribution in [0.3, 0.4) is 0 Å². The Bertz CT molecular complexity index is 617. The predicted molar refractivity (Wildman–Crippen MR) is 93.3 cm³/mol. The van der Waals surface area contributed by atoms with Crippen LogP contribution in [0.25, 0.3) is 6.08 Å². The molecule has 0 spiro atoms. The molecule has 0 radical (unpaired) electrons. The molecule has 1 heterocycles. The van der Waals surface area contributed by atoms with Crippen LogP contribution in [0.1, 0.15) is 45.6 Å². The molecular formula is C20H27NO2. The number of fused-ring (bicyclic) bond motifs is 2. The number of rotatable bonds is 3. The lowest BCUT2D eigenvalue weighted by Crippen LogP contribution is -2.36. The van der Waals surface area contributed by atoms with Crippen molar-refractivity contribution in [2.75, 3.05) is 13.7 Å². The zero-order valence-electron chi connectivity index (χ0n) is 14.6. The molecule has 3 nitrogen and oxygen atoms in total. The molecule has 1 aliphatic heterocycles. The van der Waals surface area contributed by atoms with Crippen molar-refractivity contribution in [3.05, 3.63) is 35.9 Å². The maximum atomic E-state index is 12.7. The van der Waals surface area contributed by atoms with Gasteiger partial charge in [-0.25, -0.2) is 0 Å². The molecule has 1 amide bonds. The van der Waals surface area contributed by atoms with Crippen LogP contribution in [-0.2, 0) is 4.79 Å². The Kier molecular flexibility index (Phi) is 3.99. The molecule has 1 saturated carbocycles. The van der Waals surface area contributed by atoms with Crippen molar-refractivity contribution in [2.24, 2.45) is 10.8 Å². The van der Waals surface area contributed by atoms with Gasteiger partial charge in [-0.1, -0.05) is 32.9 Å². The molecule has 0 aromatic heterocycles. The van der Waals surface area contributed by atoms with E-state index in [0.717, 1.165) is 30.7 Å². The van der Waals surface area contributed by atoms with E-state index >= 15 is 0 Å². The van der Waals surface area contributed by atoms with Crippen molar-refractivity contribution < 1.29 is 9.53 Å². The highest BCUT2D eigenvalue weighted by atomic mass is 16.5. The Labute approximate surface area is 139 Å². The van der Waals surface area contributed by atoms with Gasteiger partial charge >= 0.3 is 0 Å². The van der Waals surface area contributed by atoms with Crippen molar-refractivity contribution >= 4 is 12.0 Å². The highest BCUT2D eigenvalue weighted by molar-refractivity contribution is 5.92. The molecule has 3 heteroatoms. The molecule has 3 rings (SSSR count). The summed E-state index contributed by atoms with van der Waals surface area (Å²) in [6.07, 6.45) is 7.10. The van der Waals surface area contributed by atoms with Gasteiger partial charge in [0, 0.05) is 18.7 Å². The molecule has 2 unspecified atom stereocenters. The van der Waals surface area contributed by atoms with Crippen molar-refractivity contribution in [3.63, 3.8) is 0 Å². The third kappa shape index (κ3) is 3.44. The minimum absolute atomic E-state index is 0.146. The number of carbonyl (C=O) groups excluding carboxylic acids is 1. The topological polar surface area (TPSA) is 29.5 Å². The summed E-state index contributed by atoms with van der Waals surface area (Å²) >= 11 is 0. The Hall–Kier alpha value is -1.77. The van der Waals surface area contributed by atoms with Gasteiger partial charge in [0.05, 0.1) is 7.11 Å². The van der Waals surface area contributed by atoms with Crippen LogP contribution in [0.4, 0.5) is 0 Å². The number of amides is 1. The monoisotopic (exact) mass is 313 g/mol. The number of likely N-dealkylation sites (tertiary alicyclic amines) is 1. The van der Waals surface area contributed by atoms with E-state index in [9.17, 15) is 4.79 Å². The number of hydrogen-bond donors (Lipinski definition) is 0. The van der Waals surface area contributed by atoms with E-state index in [4.69, 9.17) is 4.74 Å². The van der Waals surface area contributed by atoms with Gasteiger partial charge in [-0.2, -0.15) is 0 Å². The van der Waals surface area contributed by atoms with Crippen LogP contribution in [-0.4, -0.2) is 30.5 Å². The van der Waals surface area contributed by atoms with Gasteiger partial charge in [0.2, 0.25) is 5.91 Å². The minimum atomic E-state index is 0.146. The number of methoxy groups -OCH3 is 1. The summed E-state index contributed by atoms with van der Waals surface area (Å²) in [7, 11) is 1.65. The fraction of sp³-hybridized carbons (Fsp3) is 0.550. The van der Waals surface area contributed by atoms with Gasteiger partial charge in [-0.15, -0.1) is 0 Å². The highest BCUT2D eigenvalue weighted by Crippen LogP contribution is 2.52. The number of hydrogen-bond acceptors (Lipinski definition) is 2. The van der Waals surface area contributed by atoms with Gasteiger partial charge in [-0.3, -0.25) is 4.79 Å². The fourth-order valence-corrected chi connectivity index (χ4v) is 4.70. The maximum absolute atomic E-state index is 12.7. The summed E-state index contributed by atoms with van der Waals surface area (Å²) < 4.78 is 5.15. The van der Waals surface area contributed by atoms with Crippen LogP contribution < -0.4 is 4.74 Å². The van der Waals surface area contributed by atoms with Crippen LogP contribution in [0.2, 0.25) is 0 Å². The third-order valence-corrected chi connectivity index (χ3v) is 5.23. The third-order valence-electron chi connectivity index (χ3n) is 5.23. The standard InChI is InChI=1S/C20H27NO2/c1-19(2)11-16-12-20(3,13-19)14-21(16)18(22)10-7-15-5-8-17(23-4)9-6-15/h5-10,16H,11-14H2,1-4H3. The lowest BCUT2D eigenvalue weighted by molar-refractivity contribution is -0.127. The van der Waals surface area contributed by atoms with Gasteiger partial charge in [0.1, 0.15) is 5.75 Å². The van der Waals surface area contributed by atoms with E-state index in [2.05, 4.69) is 25.7 Å². The summed E-state index contributed by atoms with van der Waals surface area (Å²) in [5.74, 6) is 0.976. The molecule has 2 bridgehead atoms. The lowest BCUT2D eigenvalue weighted by Gasteiger charge is -2.39. The molecule has 23 heavy (non-hydrogen) atoms. The van der Waals surface area contributed by atoms with E-state index in [1.807, 2.05) is 30.3 Å². The predicted octanol–water partition coefficient (Wildman–Crippen LogP) is 4.14. The lowest BCUT2D eigenvalue weighted by atomic mass is 9.65. The van der Waals surface area contributed by atoms with E-state index in [1.165, 1.54) is 6.42 Å². The van der Waals surface area contributed by atoms with Crippen LogP contribution in [0.5, 0.6) is 5.75 Å². The molecule has 124 valence electrons. The van der Waals surface area contributed by atoms with Crippen LogP contribution in [0.15, 0.2) is 30.3 Å². The second-order valence-electron chi connectivity index (χ2n) is 8.29. The molecule has 0 N–H and O–H groups in total. The number of benzene rings is 1. The highest BCUT2D eigenvalue weighted by Gasteiger charge is 2.50. The first kappa shape index (κ1) is 16.1. The number of carbonyl (C=O) groups is 1. The smallest absolute Gasteiger partial charge is 0.246 e. The van der Waals surface area contributed by atoms with Crippen LogP contribution >= 0.6 is 0 Å². The quantitative estimate of drug-likeness (QED) is 0.785. The van der Waals surface area contributed by atoms with Crippen molar-refractivity contribution in [2.45, 2.75) is 46.1 Å². The van der Waals surface area contributed by atoms with Gasteiger partial charge in [-0.05, 0) is 53.9 Å². The van der Waals surface area contributed by atoms with E-state index < -0.39 is 0 Å². The van der Waals surface area contributed by atoms with Crippen molar-refractivity contribution in [3.8, 4) is 5.75 Å². The zero-order chi connectivity index (χ0) is 16.7. The summed E-state index contributed by atoms with van der Waals surface area (Å²) in [5, 5.41) is 0. The molecule has 2 fully saturated rings. The van der Waals surface area contributed by atoms with Crippen LogP contribution in [0, 0.1) is 10.8 Å². The van der Waals surface area contributed by atoms with Crippen molar-refractivity contribution in [1.29, 1.82) is 0 Å². The zero-order valence-corrected chi connectivity index (χ0v) is 14.6. The van der Waals surface area contributed by atoms with Crippen molar-refractivity contribution in [1.82, 2.24) is 4.90 Å². The molecule has 1 aliphatic carbocycles. The molecule has 2 aliphatic rings. The minimum Gasteiger partial charge on any atom is -0.497 e. The largest absolute Gasteiger partial charge is 0.497 e. The Balaban J connectivity index is 1.70. The second-order valence-corrected chi connectivity index (χ2v) is 8.29. The normalized spacial score (nSPS) is 29.0. The summed E-state index contributed by atoms with van der Waals surface area (Å²) in [6.45, 7) is 7.89. The summed E-state index contributed by atoms with van der Waals surface area (Å²) in [4.78, 5) is 14.7. The first-order valence-corrected chi connectivity index (χ1v) is 8.43. The summed E-state index contributed by atoms with van der Waals surface area (Å²) in [6, 6.07) is 8.16. The first-order valence-electron chi connectivity index (χ1n) is 8.43. The SMILES string of the molecule is COc1ccc(C=CC(=O)N2CC3(C)CC2CC(C)(C)C3)cc1. The molecular weight excluding hydrogens is 286 g/mol. The average molecular weight is 313 g/mol. The second kappa shape index (κ2) is 5.70. The van der Waals surface area contributed by atoms with Gasteiger partial charge in [0.15, 0.2) is 0 Å². The van der Waals surface area contributed by atoms with Gasteiger partial charge < -0.3 is 9.64 Å². The molecule has 2 atom stereocenters. The Morgan fingerprint density at radius 1 is 1.22 bits per heavy atom. The Morgan fingerprint density at radius 3 is 2.57 bits per heavy atom. The summed E-state index contributed by atoms with van der Waals surface area (Å²) in [5.41, 5.74) is 1.65. The molecule has 1 aromatic rings. The number of nitrogens with zero attached hydrogens (tertiary/aromatic N) is 1. The van der Waals surface area contributed by atoms with Gasteiger partial charge in [0.25, 0.3) is 0 Å².